The number of hydrogen-bond donors (Lipinski definition) is 2. The van der Waals surface area contributed by atoms with Gasteiger partial charge < -0.3 is 9.47 Å². The highest BCUT2D eigenvalue weighted by molar-refractivity contribution is 9.10. The van der Waals surface area contributed by atoms with Crippen molar-refractivity contribution in [1.29, 1.82) is 0 Å². The number of carbonyl (C=O) groups is 2. The zero-order valence-electron chi connectivity index (χ0n) is 18.4. The second-order valence-electron chi connectivity index (χ2n) is 7.53. The Balaban J connectivity index is 1.89. The highest BCUT2D eigenvalue weighted by Gasteiger charge is 2.15. The Morgan fingerprint density at radius 3 is 2.48 bits per heavy atom. The van der Waals surface area contributed by atoms with E-state index in [0.717, 1.165) is 35.7 Å². The lowest BCUT2D eigenvalue weighted by molar-refractivity contribution is -0.123. The molecular weight excluding hydrogens is 460 g/mol. The number of rotatable bonds is 11. The van der Waals surface area contributed by atoms with Crippen LogP contribution in [0.2, 0.25) is 0 Å². The van der Waals surface area contributed by atoms with E-state index in [1.807, 2.05) is 30.3 Å². The van der Waals surface area contributed by atoms with Gasteiger partial charge in [-0.2, -0.15) is 0 Å². The van der Waals surface area contributed by atoms with Gasteiger partial charge in [-0.3, -0.25) is 20.4 Å². The summed E-state index contributed by atoms with van der Waals surface area (Å²) in [6.07, 6.45) is 4.33. The van der Waals surface area contributed by atoms with Gasteiger partial charge in [0.05, 0.1) is 12.2 Å². The summed E-state index contributed by atoms with van der Waals surface area (Å²) in [6.45, 7) is 6.61. The molecule has 2 N–H and O–H groups in total. The number of halogens is 1. The van der Waals surface area contributed by atoms with Gasteiger partial charge in [0.2, 0.25) is 0 Å². The molecule has 0 aromatic heterocycles. The first kappa shape index (κ1) is 24.7. The van der Waals surface area contributed by atoms with E-state index in [-0.39, 0.29) is 12.5 Å². The smallest absolute Gasteiger partial charge is 0.276 e. The van der Waals surface area contributed by atoms with Crippen molar-refractivity contribution in [2.24, 2.45) is 0 Å². The third-order valence-corrected chi connectivity index (χ3v) is 5.15. The molecule has 2 aromatic rings. The van der Waals surface area contributed by atoms with Crippen LogP contribution >= 0.6 is 15.9 Å². The summed E-state index contributed by atoms with van der Waals surface area (Å²) in [4.78, 5) is 24.8. The van der Waals surface area contributed by atoms with Crippen molar-refractivity contribution in [2.75, 3.05) is 13.2 Å². The number of hydrazine groups is 1. The van der Waals surface area contributed by atoms with E-state index in [1.165, 1.54) is 0 Å². The standard InChI is InChI=1S/C24H31BrN2O4/c1-4-5-6-9-14-30-22-13-12-18(25)15-20(22)24(29)27-26-23(28)16-31-21-11-8-7-10-19(21)17(2)3/h7-8,10-13,15,17H,4-6,9,14,16H2,1-3H3,(H,26,28)(H,27,29). The molecule has 0 heterocycles. The summed E-state index contributed by atoms with van der Waals surface area (Å²) in [7, 11) is 0. The zero-order valence-corrected chi connectivity index (χ0v) is 20.0. The molecule has 31 heavy (non-hydrogen) atoms. The molecule has 0 aliphatic carbocycles. The van der Waals surface area contributed by atoms with Crippen LogP contribution in [0.1, 0.15) is 68.3 Å². The number of carbonyl (C=O) groups excluding carboxylic acids is 2. The van der Waals surface area contributed by atoms with Crippen LogP contribution in [-0.2, 0) is 4.79 Å². The molecule has 0 aliphatic rings. The fourth-order valence-corrected chi connectivity index (χ4v) is 3.34. The summed E-state index contributed by atoms with van der Waals surface area (Å²) in [5.41, 5.74) is 6.19. The molecule has 2 amide bonds. The van der Waals surface area contributed by atoms with Gasteiger partial charge in [0.15, 0.2) is 6.61 Å². The van der Waals surface area contributed by atoms with Gasteiger partial charge in [-0.15, -0.1) is 0 Å². The van der Waals surface area contributed by atoms with Crippen molar-refractivity contribution >= 4 is 27.7 Å². The van der Waals surface area contributed by atoms with Gasteiger partial charge in [-0.25, -0.2) is 0 Å². The van der Waals surface area contributed by atoms with Crippen LogP contribution in [0.15, 0.2) is 46.9 Å². The molecule has 0 saturated carbocycles. The highest BCUT2D eigenvalue weighted by Crippen LogP contribution is 2.26. The zero-order chi connectivity index (χ0) is 22.6. The first-order chi connectivity index (χ1) is 14.9. The first-order valence-electron chi connectivity index (χ1n) is 10.7. The van der Waals surface area contributed by atoms with E-state index >= 15 is 0 Å². The van der Waals surface area contributed by atoms with Crippen molar-refractivity contribution in [3.63, 3.8) is 0 Å². The molecule has 0 unspecified atom stereocenters. The first-order valence-corrected chi connectivity index (χ1v) is 11.4. The van der Waals surface area contributed by atoms with Crippen LogP contribution in [0.4, 0.5) is 0 Å². The predicted octanol–water partition coefficient (Wildman–Crippen LogP) is 5.37. The van der Waals surface area contributed by atoms with E-state index in [1.54, 1.807) is 12.1 Å². The normalized spacial score (nSPS) is 10.6. The van der Waals surface area contributed by atoms with Crippen molar-refractivity contribution in [1.82, 2.24) is 10.9 Å². The monoisotopic (exact) mass is 490 g/mol. The minimum Gasteiger partial charge on any atom is -0.493 e. The second-order valence-corrected chi connectivity index (χ2v) is 8.45. The maximum atomic E-state index is 12.6. The minimum absolute atomic E-state index is 0.205. The third-order valence-electron chi connectivity index (χ3n) is 4.66. The van der Waals surface area contributed by atoms with Crippen molar-refractivity contribution in [3.8, 4) is 11.5 Å². The molecule has 0 atom stereocenters. The van der Waals surface area contributed by atoms with Crippen molar-refractivity contribution < 1.29 is 19.1 Å². The Kier molecular flexibility index (Phi) is 10.4. The van der Waals surface area contributed by atoms with Crippen molar-refractivity contribution in [3.05, 3.63) is 58.1 Å². The van der Waals surface area contributed by atoms with Gasteiger partial charge in [-0.05, 0) is 42.2 Å². The van der Waals surface area contributed by atoms with E-state index < -0.39 is 11.8 Å². The fourth-order valence-electron chi connectivity index (χ4n) is 2.98. The predicted molar refractivity (Wildman–Crippen MR) is 125 cm³/mol. The molecule has 7 heteroatoms. The SMILES string of the molecule is CCCCCCOc1ccc(Br)cc1C(=O)NNC(=O)COc1ccccc1C(C)C. The molecular formula is C24H31BrN2O4. The average molecular weight is 491 g/mol. The topological polar surface area (TPSA) is 76.7 Å². The Morgan fingerprint density at radius 1 is 0.968 bits per heavy atom. The average Bonchev–Trinajstić information content (AvgIpc) is 2.76. The molecule has 0 fully saturated rings. The second kappa shape index (κ2) is 13.0. The maximum absolute atomic E-state index is 12.6. The number of nitrogens with one attached hydrogen (secondary N) is 2. The molecule has 2 rings (SSSR count). The highest BCUT2D eigenvalue weighted by atomic mass is 79.9. The molecule has 6 nitrogen and oxygen atoms in total. The fraction of sp³-hybridized carbons (Fsp3) is 0.417. The largest absolute Gasteiger partial charge is 0.493 e. The Morgan fingerprint density at radius 2 is 1.74 bits per heavy atom. The van der Waals surface area contributed by atoms with Gasteiger partial charge in [-0.1, -0.05) is 74.2 Å². The molecule has 2 aromatic carbocycles. The third kappa shape index (κ3) is 8.25. The lowest BCUT2D eigenvalue weighted by atomic mass is 10.0. The summed E-state index contributed by atoms with van der Waals surface area (Å²) in [5, 5.41) is 0. The minimum atomic E-state index is -0.458. The molecule has 0 saturated heterocycles. The van der Waals surface area contributed by atoms with Crippen molar-refractivity contribution in [2.45, 2.75) is 52.4 Å². The van der Waals surface area contributed by atoms with Gasteiger partial charge in [0, 0.05) is 4.47 Å². The van der Waals surface area contributed by atoms with Gasteiger partial charge in [0.1, 0.15) is 11.5 Å². The number of ether oxygens (including phenoxy) is 2. The molecule has 0 bridgehead atoms. The van der Waals surface area contributed by atoms with Crippen LogP contribution < -0.4 is 20.3 Å². The number of para-hydroxylation sites is 1. The van der Waals surface area contributed by atoms with Gasteiger partial charge in [0.25, 0.3) is 11.8 Å². The van der Waals surface area contributed by atoms with Crippen LogP contribution in [0.25, 0.3) is 0 Å². The number of hydrogen-bond acceptors (Lipinski definition) is 4. The molecule has 0 radical (unpaired) electrons. The Hall–Kier alpha value is -2.54. The van der Waals surface area contributed by atoms with Crippen LogP contribution in [0.3, 0.4) is 0 Å². The molecule has 0 spiro atoms. The lowest BCUT2D eigenvalue weighted by Crippen LogP contribution is -2.44. The summed E-state index contributed by atoms with van der Waals surface area (Å²) >= 11 is 3.37. The maximum Gasteiger partial charge on any atom is 0.276 e. The van der Waals surface area contributed by atoms with E-state index in [0.29, 0.717) is 23.7 Å². The number of unbranched alkanes of at least 4 members (excludes halogenated alkanes) is 3. The van der Waals surface area contributed by atoms with Crippen LogP contribution in [0, 0.1) is 0 Å². The lowest BCUT2D eigenvalue weighted by Gasteiger charge is -2.15. The van der Waals surface area contributed by atoms with E-state index in [4.69, 9.17) is 9.47 Å². The summed E-state index contributed by atoms with van der Waals surface area (Å²) < 4.78 is 12.2. The number of amides is 2. The molecule has 0 aliphatic heterocycles. The summed E-state index contributed by atoms with van der Waals surface area (Å²) in [6, 6.07) is 12.8. The molecule has 168 valence electrons. The van der Waals surface area contributed by atoms with Crippen LogP contribution in [0.5, 0.6) is 11.5 Å². The van der Waals surface area contributed by atoms with Crippen LogP contribution in [-0.4, -0.2) is 25.0 Å². The quantitative estimate of drug-likeness (QED) is 0.327. The van der Waals surface area contributed by atoms with E-state index in [9.17, 15) is 9.59 Å². The summed E-state index contributed by atoms with van der Waals surface area (Å²) in [5.74, 6) is 0.499. The number of benzene rings is 2. The Bertz CT molecular complexity index is 870. The Labute approximate surface area is 192 Å². The van der Waals surface area contributed by atoms with E-state index in [2.05, 4.69) is 47.6 Å². The van der Waals surface area contributed by atoms with Gasteiger partial charge >= 0.3 is 0 Å².